The van der Waals surface area contributed by atoms with E-state index in [0.29, 0.717) is 5.78 Å². The Kier molecular flexibility index (Phi) is 2.71. The maximum atomic E-state index is 11.8. The molecule has 0 aromatic carbocycles. The van der Waals surface area contributed by atoms with Crippen LogP contribution < -0.4 is 0 Å². The van der Waals surface area contributed by atoms with E-state index in [2.05, 4.69) is 13.5 Å². The topological polar surface area (TPSA) is 17.1 Å². The van der Waals surface area contributed by atoms with Gasteiger partial charge in [0.15, 0.2) is 0 Å². The van der Waals surface area contributed by atoms with E-state index in [1.165, 1.54) is 6.42 Å². The summed E-state index contributed by atoms with van der Waals surface area (Å²) in [5, 5.41) is 0. The van der Waals surface area contributed by atoms with Gasteiger partial charge in [-0.05, 0) is 19.3 Å². The van der Waals surface area contributed by atoms with Crippen LogP contribution in [-0.4, -0.2) is 5.78 Å². The number of ketones is 1. The van der Waals surface area contributed by atoms with Gasteiger partial charge in [-0.25, -0.2) is 0 Å². The number of rotatable bonds is 2. The largest absolute Gasteiger partial charge is 0.299 e. The number of carbonyl (C=O) groups is 1. The molecular formula is C11H18O. The van der Waals surface area contributed by atoms with E-state index in [4.69, 9.17) is 0 Å². The Labute approximate surface area is 74.9 Å². The van der Waals surface area contributed by atoms with Crippen LogP contribution in [0.25, 0.3) is 0 Å². The molecule has 1 fully saturated rings. The molecule has 1 rings (SSSR count). The predicted molar refractivity (Wildman–Crippen MR) is 50.9 cm³/mol. The number of carbonyl (C=O) groups excluding carboxylic acids is 1. The van der Waals surface area contributed by atoms with Gasteiger partial charge in [0.2, 0.25) is 0 Å². The summed E-state index contributed by atoms with van der Waals surface area (Å²) in [6, 6.07) is 0. The van der Waals surface area contributed by atoms with Gasteiger partial charge in [-0.2, -0.15) is 0 Å². The first-order valence-corrected chi connectivity index (χ1v) is 4.75. The molecular weight excluding hydrogens is 148 g/mol. The van der Waals surface area contributed by atoms with Crippen LogP contribution in [0.5, 0.6) is 0 Å². The van der Waals surface area contributed by atoms with Gasteiger partial charge in [-0.1, -0.05) is 26.3 Å². The average Bonchev–Trinajstić information content (AvgIpc) is 2.01. The summed E-state index contributed by atoms with van der Waals surface area (Å²) in [6.07, 6.45) is 6.02. The molecule has 0 aromatic rings. The van der Waals surface area contributed by atoms with Crippen LogP contribution in [0.15, 0.2) is 12.7 Å². The van der Waals surface area contributed by atoms with Crippen molar-refractivity contribution in [1.82, 2.24) is 0 Å². The standard InChI is InChI=1S/C11H18O/c1-4-7-11(3)8-5-6-9(2)10(11)12/h4,9H,1,5-8H2,2-3H3/t9-,11+/m1/s1. The summed E-state index contributed by atoms with van der Waals surface area (Å²) in [7, 11) is 0. The first-order chi connectivity index (χ1) is 5.60. The second-order valence-electron chi connectivity index (χ2n) is 4.21. The van der Waals surface area contributed by atoms with Gasteiger partial charge in [0.1, 0.15) is 5.78 Å². The summed E-state index contributed by atoms with van der Waals surface area (Å²) in [5.41, 5.74) is -0.0978. The molecule has 0 heterocycles. The molecule has 2 atom stereocenters. The van der Waals surface area contributed by atoms with Crippen LogP contribution >= 0.6 is 0 Å². The Morgan fingerprint density at radius 3 is 3.00 bits per heavy atom. The predicted octanol–water partition coefficient (Wildman–Crippen LogP) is 2.96. The molecule has 0 amide bonds. The minimum absolute atomic E-state index is 0.0978. The Bertz CT molecular complexity index is 195. The molecule has 0 N–H and O–H groups in total. The first-order valence-electron chi connectivity index (χ1n) is 4.75. The Morgan fingerprint density at radius 2 is 2.42 bits per heavy atom. The lowest BCUT2D eigenvalue weighted by Gasteiger charge is -2.34. The molecule has 0 radical (unpaired) electrons. The van der Waals surface area contributed by atoms with Gasteiger partial charge < -0.3 is 0 Å². The van der Waals surface area contributed by atoms with Gasteiger partial charge in [0, 0.05) is 11.3 Å². The Morgan fingerprint density at radius 1 is 1.75 bits per heavy atom. The number of hydrogen-bond acceptors (Lipinski definition) is 1. The average molecular weight is 166 g/mol. The third kappa shape index (κ3) is 1.60. The van der Waals surface area contributed by atoms with Crippen LogP contribution in [0.4, 0.5) is 0 Å². The van der Waals surface area contributed by atoms with Crippen molar-refractivity contribution in [3.63, 3.8) is 0 Å². The summed E-state index contributed by atoms with van der Waals surface area (Å²) in [6.45, 7) is 7.83. The minimum atomic E-state index is -0.0978. The van der Waals surface area contributed by atoms with Gasteiger partial charge >= 0.3 is 0 Å². The minimum Gasteiger partial charge on any atom is -0.299 e. The first kappa shape index (κ1) is 9.50. The van der Waals surface area contributed by atoms with Crippen molar-refractivity contribution in [3.05, 3.63) is 12.7 Å². The van der Waals surface area contributed by atoms with Crippen molar-refractivity contribution in [2.45, 2.75) is 39.5 Å². The lowest BCUT2D eigenvalue weighted by molar-refractivity contribution is -0.134. The second-order valence-corrected chi connectivity index (χ2v) is 4.21. The number of allylic oxidation sites excluding steroid dienone is 1. The van der Waals surface area contributed by atoms with Crippen LogP contribution in [0.1, 0.15) is 39.5 Å². The molecule has 0 aliphatic heterocycles. The monoisotopic (exact) mass is 166 g/mol. The van der Waals surface area contributed by atoms with Crippen LogP contribution in [0.3, 0.4) is 0 Å². The Balaban J connectivity index is 2.73. The fraction of sp³-hybridized carbons (Fsp3) is 0.727. The zero-order valence-corrected chi connectivity index (χ0v) is 8.10. The maximum absolute atomic E-state index is 11.8. The van der Waals surface area contributed by atoms with Crippen molar-refractivity contribution in [2.24, 2.45) is 11.3 Å². The number of Topliss-reactive ketones (excluding diaryl/α,β-unsaturated/α-hetero) is 1. The molecule has 1 saturated carbocycles. The lowest BCUT2D eigenvalue weighted by atomic mass is 9.68. The van der Waals surface area contributed by atoms with Gasteiger partial charge in [0.25, 0.3) is 0 Å². The van der Waals surface area contributed by atoms with Crippen molar-refractivity contribution in [2.75, 3.05) is 0 Å². The van der Waals surface area contributed by atoms with Crippen LogP contribution in [0.2, 0.25) is 0 Å². The van der Waals surface area contributed by atoms with Crippen molar-refractivity contribution >= 4 is 5.78 Å². The molecule has 1 nitrogen and oxygen atoms in total. The smallest absolute Gasteiger partial charge is 0.141 e. The normalized spacial score (nSPS) is 36.5. The van der Waals surface area contributed by atoms with E-state index in [1.807, 2.05) is 13.0 Å². The zero-order valence-electron chi connectivity index (χ0n) is 8.10. The third-order valence-electron chi connectivity index (χ3n) is 3.00. The van der Waals surface area contributed by atoms with E-state index >= 15 is 0 Å². The van der Waals surface area contributed by atoms with Crippen LogP contribution in [-0.2, 0) is 4.79 Å². The Hall–Kier alpha value is -0.590. The highest BCUT2D eigenvalue weighted by Gasteiger charge is 2.37. The summed E-state index contributed by atoms with van der Waals surface area (Å²) in [4.78, 5) is 11.8. The zero-order chi connectivity index (χ0) is 9.19. The van der Waals surface area contributed by atoms with E-state index < -0.39 is 0 Å². The molecule has 1 heteroatoms. The van der Waals surface area contributed by atoms with Gasteiger partial charge in [-0.15, -0.1) is 6.58 Å². The molecule has 12 heavy (non-hydrogen) atoms. The molecule has 1 aliphatic rings. The lowest BCUT2D eigenvalue weighted by Crippen LogP contribution is -2.35. The van der Waals surface area contributed by atoms with Crippen molar-refractivity contribution < 1.29 is 4.79 Å². The fourth-order valence-electron chi connectivity index (χ4n) is 2.17. The van der Waals surface area contributed by atoms with E-state index in [0.717, 1.165) is 19.3 Å². The highest BCUT2D eigenvalue weighted by molar-refractivity contribution is 5.87. The van der Waals surface area contributed by atoms with E-state index in [9.17, 15) is 4.79 Å². The van der Waals surface area contributed by atoms with Crippen molar-refractivity contribution in [3.8, 4) is 0 Å². The highest BCUT2D eigenvalue weighted by Crippen LogP contribution is 2.38. The molecule has 68 valence electrons. The molecule has 0 spiro atoms. The molecule has 0 aromatic heterocycles. The van der Waals surface area contributed by atoms with Gasteiger partial charge in [0.05, 0.1) is 0 Å². The van der Waals surface area contributed by atoms with E-state index in [-0.39, 0.29) is 11.3 Å². The maximum Gasteiger partial charge on any atom is 0.141 e. The second kappa shape index (κ2) is 3.42. The third-order valence-corrected chi connectivity index (χ3v) is 3.00. The highest BCUT2D eigenvalue weighted by atomic mass is 16.1. The molecule has 0 saturated heterocycles. The fourth-order valence-corrected chi connectivity index (χ4v) is 2.17. The van der Waals surface area contributed by atoms with E-state index in [1.54, 1.807) is 0 Å². The SMILES string of the molecule is C=CC[C@@]1(C)CCC[C@@H](C)C1=O. The number of hydrogen-bond donors (Lipinski definition) is 0. The molecule has 0 bridgehead atoms. The van der Waals surface area contributed by atoms with Crippen molar-refractivity contribution in [1.29, 1.82) is 0 Å². The summed E-state index contributed by atoms with van der Waals surface area (Å²) in [5.74, 6) is 0.706. The summed E-state index contributed by atoms with van der Waals surface area (Å²) >= 11 is 0. The molecule has 1 aliphatic carbocycles. The molecule has 0 unspecified atom stereocenters. The quantitative estimate of drug-likeness (QED) is 0.576. The van der Waals surface area contributed by atoms with Crippen LogP contribution in [0, 0.1) is 11.3 Å². The van der Waals surface area contributed by atoms with Gasteiger partial charge in [-0.3, -0.25) is 4.79 Å². The summed E-state index contributed by atoms with van der Waals surface area (Å²) < 4.78 is 0.